The van der Waals surface area contributed by atoms with Crippen LogP contribution in [0.4, 0.5) is 32.0 Å². The Kier molecular flexibility index (Phi) is 7.44. The molecule has 0 saturated carbocycles. The van der Waals surface area contributed by atoms with Gasteiger partial charge in [0, 0.05) is 17.7 Å². The molecule has 3 nitrogen and oxygen atoms in total. The van der Waals surface area contributed by atoms with Crippen LogP contribution in [0.1, 0.15) is 44.2 Å². The van der Waals surface area contributed by atoms with Crippen LogP contribution >= 0.6 is 0 Å². The summed E-state index contributed by atoms with van der Waals surface area (Å²) in [5, 5.41) is 12.4. The van der Waals surface area contributed by atoms with Crippen LogP contribution in [0.15, 0.2) is 49.0 Å². The van der Waals surface area contributed by atoms with Crippen molar-refractivity contribution in [1.82, 2.24) is 0 Å². The lowest BCUT2D eigenvalue weighted by Gasteiger charge is -2.33. The molecule has 2 aromatic carbocycles. The maximum Gasteiger partial charge on any atom is 0.430 e. The second kappa shape index (κ2) is 9.36. The summed E-state index contributed by atoms with van der Waals surface area (Å²) in [4.78, 5) is 11.8. The van der Waals surface area contributed by atoms with E-state index in [1.54, 1.807) is 24.3 Å². The zero-order chi connectivity index (χ0) is 24.3. The van der Waals surface area contributed by atoms with E-state index in [4.69, 9.17) is 0 Å². The average molecular weight is 459 g/mol. The summed E-state index contributed by atoms with van der Waals surface area (Å²) in [5.41, 5.74) is -4.80. The van der Waals surface area contributed by atoms with Crippen LogP contribution < -0.4 is 5.32 Å². The van der Waals surface area contributed by atoms with Gasteiger partial charge in [-0.1, -0.05) is 49.8 Å². The number of rotatable bonds is 7. The summed E-state index contributed by atoms with van der Waals surface area (Å²) < 4.78 is 79.4. The first-order valence-corrected chi connectivity index (χ1v) is 9.79. The van der Waals surface area contributed by atoms with E-state index >= 15 is 0 Å². The minimum absolute atomic E-state index is 0.0224. The summed E-state index contributed by atoms with van der Waals surface area (Å²) in [6, 6.07) is 8.65. The third-order valence-corrected chi connectivity index (χ3v) is 4.95. The van der Waals surface area contributed by atoms with E-state index in [9.17, 15) is 36.2 Å². The van der Waals surface area contributed by atoms with E-state index in [2.05, 4.69) is 11.9 Å². The third-order valence-electron chi connectivity index (χ3n) is 4.95. The number of allylic oxidation sites excluding steroid dienone is 1. The summed E-state index contributed by atoms with van der Waals surface area (Å²) in [5.74, 6) is -0.162. The Labute approximate surface area is 181 Å². The van der Waals surface area contributed by atoms with Gasteiger partial charge in [0.2, 0.25) is 5.91 Å². The molecule has 2 aromatic rings. The standard InChI is InChI=1S/C23H23F6NO2/c1-4-5-6-20(31)30-17-10-7-15(8-11-17)18-12-9-16(13-19(18)14(2)3)21(32,22(24,25)26)23(27,28)29/h7-13,32H,2,4-6H2,1,3H3,(H,30,31). The molecule has 0 bridgehead atoms. The number of halogens is 6. The van der Waals surface area contributed by atoms with Gasteiger partial charge < -0.3 is 10.4 Å². The minimum Gasteiger partial charge on any atom is -0.369 e. The number of carbonyl (C=O) groups is 1. The van der Waals surface area contributed by atoms with Gasteiger partial charge in [-0.05, 0) is 48.2 Å². The van der Waals surface area contributed by atoms with E-state index in [-0.39, 0.29) is 17.0 Å². The summed E-state index contributed by atoms with van der Waals surface area (Å²) in [6.07, 6.45) is -9.99. The van der Waals surface area contributed by atoms with Crippen LogP contribution in [0.5, 0.6) is 0 Å². The van der Waals surface area contributed by atoms with Gasteiger partial charge in [0.15, 0.2) is 0 Å². The highest BCUT2D eigenvalue weighted by atomic mass is 19.4. The molecule has 32 heavy (non-hydrogen) atoms. The fourth-order valence-corrected chi connectivity index (χ4v) is 3.16. The van der Waals surface area contributed by atoms with Crippen molar-refractivity contribution in [2.75, 3.05) is 5.32 Å². The summed E-state index contributed by atoms with van der Waals surface area (Å²) >= 11 is 0. The van der Waals surface area contributed by atoms with Crippen LogP contribution in [-0.2, 0) is 10.4 Å². The lowest BCUT2D eigenvalue weighted by molar-refractivity contribution is -0.376. The number of unbranched alkanes of at least 4 members (excludes halogenated alkanes) is 1. The molecule has 0 saturated heterocycles. The number of hydrogen-bond donors (Lipinski definition) is 2. The highest BCUT2D eigenvalue weighted by molar-refractivity contribution is 5.91. The van der Waals surface area contributed by atoms with Gasteiger partial charge in [0.25, 0.3) is 5.60 Å². The van der Waals surface area contributed by atoms with Crippen molar-refractivity contribution >= 4 is 17.2 Å². The summed E-state index contributed by atoms with van der Waals surface area (Å²) in [6.45, 7) is 7.03. The molecule has 0 heterocycles. The molecule has 0 aliphatic carbocycles. The SMILES string of the molecule is C=C(C)c1cc(C(O)(C(F)(F)F)C(F)(F)F)ccc1-c1ccc(NC(=O)CCCC)cc1. The molecule has 1 amide bonds. The highest BCUT2D eigenvalue weighted by Gasteiger charge is 2.71. The van der Waals surface area contributed by atoms with E-state index in [0.717, 1.165) is 18.9 Å². The number of amides is 1. The first-order chi connectivity index (χ1) is 14.7. The second-order valence-electron chi connectivity index (χ2n) is 7.48. The van der Waals surface area contributed by atoms with Crippen molar-refractivity contribution in [1.29, 1.82) is 0 Å². The lowest BCUT2D eigenvalue weighted by atomic mass is 9.86. The second-order valence-corrected chi connectivity index (χ2v) is 7.48. The first kappa shape index (κ1) is 25.5. The number of anilines is 1. The Hall–Kier alpha value is -2.81. The average Bonchev–Trinajstić information content (AvgIpc) is 2.70. The van der Waals surface area contributed by atoms with E-state index in [1.807, 2.05) is 6.92 Å². The Bertz CT molecular complexity index is 963. The largest absolute Gasteiger partial charge is 0.430 e. The maximum absolute atomic E-state index is 13.2. The molecule has 0 unspecified atom stereocenters. The van der Waals surface area contributed by atoms with E-state index in [0.29, 0.717) is 35.4 Å². The van der Waals surface area contributed by atoms with Gasteiger partial charge >= 0.3 is 12.4 Å². The van der Waals surface area contributed by atoms with Crippen LogP contribution in [0, 0.1) is 0 Å². The van der Waals surface area contributed by atoms with Gasteiger partial charge in [0.05, 0.1) is 0 Å². The minimum atomic E-state index is -5.98. The van der Waals surface area contributed by atoms with Crippen LogP contribution in [0.25, 0.3) is 16.7 Å². The monoisotopic (exact) mass is 459 g/mol. The maximum atomic E-state index is 13.2. The number of aliphatic hydroxyl groups is 1. The Morgan fingerprint density at radius 3 is 2.03 bits per heavy atom. The normalized spacial score (nSPS) is 12.5. The smallest absolute Gasteiger partial charge is 0.369 e. The zero-order valence-corrected chi connectivity index (χ0v) is 17.5. The van der Waals surface area contributed by atoms with Crippen molar-refractivity contribution in [2.45, 2.75) is 51.1 Å². The van der Waals surface area contributed by atoms with Crippen LogP contribution in [-0.4, -0.2) is 23.4 Å². The summed E-state index contributed by atoms with van der Waals surface area (Å²) in [7, 11) is 0. The van der Waals surface area contributed by atoms with Crippen LogP contribution in [0.3, 0.4) is 0 Å². The Morgan fingerprint density at radius 1 is 1.00 bits per heavy atom. The lowest BCUT2D eigenvalue weighted by Crippen LogP contribution is -2.53. The molecular formula is C23H23F6NO2. The van der Waals surface area contributed by atoms with Gasteiger partial charge in [-0.3, -0.25) is 4.79 Å². The molecular weight excluding hydrogens is 436 g/mol. The molecule has 0 fully saturated rings. The highest BCUT2D eigenvalue weighted by Crippen LogP contribution is 2.50. The molecule has 0 aliphatic heterocycles. The fourth-order valence-electron chi connectivity index (χ4n) is 3.16. The molecule has 2 N–H and O–H groups in total. The van der Waals surface area contributed by atoms with Crippen molar-refractivity contribution in [3.8, 4) is 11.1 Å². The number of benzene rings is 2. The molecule has 174 valence electrons. The van der Waals surface area contributed by atoms with Crippen molar-refractivity contribution < 1.29 is 36.2 Å². The number of nitrogens with one attached hydrogen (secondary N) is 1. The van der Waals surface area contributed by atoms with Crippen molar-refractivity contribution in [2.24, 2.45) is 0 Å². The zero-order valence-electron chi connectivity index (χ0n) is 17.5. The predicted molar refractivity (Wildman–Crippen MR) is 111 cm³/mol. The van der Waals surface area contributed by atoms with Gasteiger partial charge in [-0.25, -0.2) is 0 Å². The van der Waals surface area contributed by atoms with Gasteiger partial charge in [-0.15, -0.1) is 0 Å². The van der Waals surface area contributed by atoms with Crippen molar-refractivity contribution in [3.05, 3.63) is 60.2 Å². The molecule has 9 heteroatoms. The van der Waals surface area contributed by atoms with Gasteiger partial charge in [0.1, 0.15) is 0 Å². The molecule has 0 spiro atoms. The first-order valence-electron chi connectivity index (χ1n) is 9.79. The van der Waals surface area contributed by atoms with Crippen molar-refractivity contribution in [3.63, 3.8) is 0 Å². The molecule has 0 aromatic heterocycles. The fraction of sp³-hybridized carbons (Fsp3) is 0.348. The van der Waals surface area contributed by atoms with E-state index in [1.165, 1.54) is 6.92 Å². The number of hydrogen-bond acceptors (Lipinski definition) is 2. The number of alkyl halides is 6. The quantitative estimate of drug-likeness (QED) is 0.446. The third kappa shape index (κ3) is 5.15. The Balaban J connectivity index is 2.47. The topological polar surface area (TPSA) is 49.3 Å². The Morgan fingerprint density at radius 2 is 1.56 bits per heavy atom. The molecule has 0 aliphatic rings. The molecule has 0 atom stereocenters. The van der Waals surface area contributed by atoms with Crippen LogP contribution in [0.2, 0.25) is 0 Å². The van der Waals surface area contributed by atoms with E-state index < -0.39 is 23.5 Å². The molecule has 0 radical (unpaired) electrons. The predicted octanol–water partition coefficient (Wildman–Crippen LogP) is 6.83. The van der Waals surface area contributed by atoms with Gasteiger partial charge in [-0.2, -0.15) is 26.3 Å². The number of carbonyl (C=O) groups excluding carboxylic acids is 1. The molecule has 2 rings (SSSR count).